The highest BCUT2D eigenvalue weighted by Gasteiger charge is 2.25. The largest absolute Gasteiger partial charge is 0.447 e. The van der Waals surface area contributed by atoms with E-state index in [1.54, 1.807) is 19.3 Å². The zero-order valence-corrected chi connectivity index (χ0v) is 12.7. The second kappa shape index (κ2) is 6.29. The van der Waals surface area contributed by atoms with Crippen LogP contribution in [0.25, 0.3) is 0 Å². The van der Waals surface area contributed by atoms with Crippen LogP contribution in [0.15, 0.2) is 12.4 Å². The molecule has 7 nitrogen and oxygen atoms in total. The first-order valence-electron chi connectivity index (χ1n) is 7.64. The van der Waals surface area contributed by atoms with Gasteiger partial charge in [0.25, 0.3) is 0 Å². The summed E-state index contributed by atoms with van der Waals surface area (Å²) in [6.07, 6.45) is 5.87. The Labute approximate surface area is 129 Å². The highest BCUT2D eigenvalue weighted by molar-refractivity contribution is 5.87. The van der Waals surface area contributed by atoms with Crippen molar-refractivity contribution in [2.45, 2.75) is 26.2 Å². The summed E-state index contributed by atoms with van der Waals surface area (Å²) < 4.78 is 4.89. The molecule has 7 heteroatoms. The smallest absolute Gasteiger partial charge is 0.415 e. The average Bonchev–Trinajstić information content (AvgIpc) is 2.95. The van der Waals surface area contributed by atoms with Gasteiger partial charge in [0.15, 0.2) is 5.82 Å². The quantitative estimate of drug-likeness (QED) is 0.839. The van der Waals surface area contributed by atoms with Crippen molar-refractivity contribution in [1.82, 2.24) is 14.9 Å². The van der Waals surface area contributed by atoms with E-state index in [1.807, 2.05) is 4.90 Å². The SMILES string of the molecule is CC(=O)N1CCC(Cc2cnc(N3CCOC3=O)cn2)CC1. The van der Waals surface area contributed by atoms with Crippen LogP contribution in [0.2, 0.25) is 0 Å². The third-order valence-corrected chi connectivity index (χ3v) is 4.29. The van der Waals surface area contributed by atoms with Crippen molar-refractivity contribution in [2.24, 2.45) is 5.92 Å². The van der Waals surface area contributed by atoms with Gasteiger partial charge in [-0.05, 0) is 25.2 Å². The number of hydrogen-bond donors (Lipinski definition) is 0. The summed E-state index contributed by atoms with van der Waals surface area (Å²) in [6.45, 7) is 4.19. The van der Waals surface area contributed by atoms with Gasteiger partial charge in [0.2, 0.25) is 5.91 Å². The van der Waals surface area contributed by atoms with Crippen LogP contribution in [0.3, 0.4) is 0 Å². The van der Waals surface area contributed by atoms with Crippen LogP contribution in [-0.4, -0.2) is 53.1 Å². The standard InChI is InChI=1S/C15H20N4O3/c1-11(20)18-4-2-12(3-5-18)8-13-9-17-14(10-16-13)19-6-7-22-15(19)21/h9-10,12H,2-8H2,1H3. The minimum atomic E-state index is -0.362. The molecule has 2 aliphatic heterocycles. The number of ether oxygens (including phenoxy) is 1. The molecule has 1 aromatic rings. The van der Waals surface area contributed by atoms with Crippen LogP contribution >= 0.6 is 0 Å². The average molecular weight is 304 g/mol. The summed E-state index contributed by atoms with van der Waals surface area (Å²) in [6, 6.07) is 0. The molecule has 2 amide bonds. The Morgan fingerprint density at radius 2 is 2.05 bits per heavy atom. The number of hydrogen-bond acceptors (Lipinski definition) is 5. The number of rotatable bonds is 3. The van der Waals surface area contributed by atoms with E-state index in [9.17, 15) is 9.59 Å². The van der Waals surface area contributed by atoms with Gasteiger partial charge in [-0.15, -0.1) is 0 Å². The monoisotopic (exact) mass is 304 g/mol. The number of aromatic nitrogens is 2. The van der Waals surface area contributed by atoms with Crippen molar-refractivity contribution in [2.75, 3.05) is 31.1 Å². The maximum absolute atomic E-state index is 11.5. The molecule has 0 bridgehead atoms. The molecule has 1 aromatic heterocycles. The second-order valence-electron chi connectivity index (χ2n) is 5.79. The normalized spacial score (nSPS) is 19.4. The van der Waals surface area contributed by atoms with Crippen LogP contribution in [0.4, 0.5) is 10.6 Å². The van der Waals surface area contributed by atoms with E-state index in [2.05, 4.69) is 9.97 Å². The molecule has 0 saturated carbocycles. The summed E-state index contributed by atoms with van der Waals surface area (Å²) in [5.41, 5.74) is 0.928. The molecular formula is C15H20N4O3. The van der Waals surface area contributed by atoms with Gasteiger partial charge in [-0.3, -0.25) is 14.7 Å². The van der Waals surface area contributed by atoms with Gasteiger partial charge in [0.1, 0.15) is 6.61 Å². The number of carbonyl (C=O) groups is 2. The Morgan fingerprint density at radius 3 is 2.59 bits per heavy atom. The Bertz CT molecular complexity index is 552. The van der Waals surface area contributed by atoms with E-state index in [0.717, 1.165) is 38.0 Å². The van der Waals surface area contributed by atoms with E-state index < -0.39 is 0 Å². The lowest BCUT2D eigenvalue weighted by Crippen LogP contribution is -2.37. The number of cyclic esters (lactones) is 1. The lowest BCUT2D eigenvalue weighted by atomic mass is 9.92. The van der Waals surface area contributed by atoms with Crippen LogP contribution in [0, 0.1) is 5.92 Å². The molecule has 0 unspecified atom stereocenters. The van der Waals surface area contributed by atoms with Crippen LogP contribution in [-0.2, 0) is 16.0 Å². The first-order valence-corrected chi connectivity index (χ1v) is 7.64. The number of carbonyl (C=O) groups excluding carboxylic acids is 2. The van der Waals surface area contributed by atoms with Crippen LogP contribution < -0.4 is 4.90 Å². The van der Waals surface area contributed by atoms with E-state index >= 15 is 0 Å². The van der Waals surface area contributed by atoms with Crippen molar-refractivity contribution >= 4 is 17.8 Å². The van der Waals surface area contributed by atoms with Gasteiger partial charge in [0, 0.05) is 20.0 Å². The molecule has 2 fully saturated rings. The Kier molecular flexibility index (Phi) is 4.22. The Morgan fingerprint density at radius 1 is 1.27 bits per heavy atom. The number of piperidine rings is 1. The lowest BCUT2D eigenvalue weighted by molar-refractivity contribution is -0.130. The lowest BCUT2D eigenvalue weighted by Gasteiger charge is -2.31. The predicted molar refractivity (Wildman–Crippen MR) is 79.4 cm³/mol. The van der Waals surface area contributed by atoms with Crippen molar-refractivity contribution in [3.63, 3.8) is 0 Å². The molecule has 0 atom stereocenters. The van der Waals surface area contributed by atoms with Crippen molar-refractivity contribution in [1.29, 1.82) is 0 Å². The van der Waals surface area contributed by atoms with Gasteiger partial charge in [-0.2, -0.15) is 0 Å². The molecule has 3 rings (SSSR count). The molecule has 3 heterocycles. The number of likely N-dealkylation sites (tertiary alicyclic amines) is 1. The van der Waals surface area contributed by atoms with Crippen molar-refractivity contribution < 1.29 is 14.3 Å². The number of anilines is 1. The van der Waals surface area contributed by atoms with Gasteiger partial charge >= 0.3 is 6.09 Å². The maximum atomic E-state index is 11.5. The molecule has 0 aliphatic carbocycles. The molecule has 0 spiro atoms. The minimum absolute atomic E-state index is 0.153. The maximum Gasteiger partial charge on any atom is 0.415 e. The van der Waals surface area contributed by atoms with Gasteiger partial charge in [-0.1, -0.05) is 0 Å². The third kappa shape index (κ3) is 3.18. The van der Waals surface area contributed by atoms with E-state index in [1.165, 1.54) is 4.90 Å². The zero-order valence-electron chi connectivity index (χ0n) is 12.7. The molecule has 0 N–H and O–H groups in total. The number of amides is 2. The fourth-order valence-corrected chi connectivity index (χ4v) is 2.94. The summed E-state index contributed by atoms with van der Waals surface area (Å²) in [7, 11) is 0. The topological polar surface area (TPSA) is 75.6 Å². The first kappa shape index (κ1) is 14.7. The molecule has 118 valence electrons. The highest BCUT2D eigenvalue weighted by atomic mass is 16.6. The first-order chi connectivity index (χ1) is 10.6. The summed E-state index contributed by atoms with van der Waals surface area (Å²) in [4.78, 5) is 34.9. The van der Waals surface area contributed by atoms with Gasteiger partial charge in [0.05, 0.1) is 24.6 Å². The summed E-state index contributed by atoms with van der Waals surface area (Å²) in [5, 5.41) is 0. The van der Waals surface area contributed by atoms with Crippen LogP contribution in [0.5, 0.6) is 0 Å². The van der Waals surface area contributed by atoms with Crippen molar-refractivity contribution in [3.8, 4) is 0 Å². The van der Waals surface area contributed by atoms with Gasteiger partial charge < -0.3 is 9.64 Å². The third-order valence-electron chi connectivity index (χ3n) is 4.29. The van der Waals surface area contributed by atoms with Crippen LogP contribution in [0.1, 0.15) is 25.5 Å². The second-order valence-corrected chi connectivity index (χ2v) is 5.79. The molecule has 2 aliphatic rings. The molecular weight excluding hydrogens is 284 g/mol. The minimum Gasteiger partial charge on any atom is -0.447 e. The zero-order chi connectivity index (χ0) is 15.5. The van der Waals surface area contributed by atoms with E-state index in [4.69, 9.17) is 4.74 Å². The molecule has 2 saturated heterocycles. The Balaban J connectivity index is 1.55. The van der Waals surface area contributed by atoms with E-state index in [0.29, 0.717) is 24.9 Å². The summed E-state index contributed by atoms with van der Waals surface area (Å²) in [5.74, 6) is 1.23. The fraction of sp³-hybridized carbons (Fsp3) is 0.600. The number of nitrogens with zero attached hydrogens (tertiary/aromatic N) is 4. The highest BCUT2D eigenvalue weighted by Crippen LogP contribution is 2.21. The Hall–Kier alpha value is -2.18. The predicted octanol–water partition coefficient (Wildman–Crippen LogP) is 1.23. The molecule has 0 radical (unpaired) electrons. The molecule has 0 aromatic carbocycles. The van der Waals surface area contributed by atoms with Crippen molar-refractivity contribution in [3.05, 3.63) is 18.1 Å². The molecule has 22 heavy (non-hydrogen) atoms. The fourth-order valence-electron chi connectivity index (χ4n) is 2.94. The summed E-state index contributed by atoms with van der Waals surface area (Å²) >= 11 is 0. The van der Waals surface area contributed by atoms with Gasteiger partial charge in [-0.25, -0.2) is 9.78 Å². The van der Waals surface area contributed by atoms with E-state index in [-0.39, 0.29) is 12.0 Å².